The SMILES string of the molecule is [N-]=[N+]=NC1O[C-]=NC1=O. The highest BCUT2D eigenvalue weighted by Crippen LogP contribution is 2.01. The summed E-state index contributed by atoms with van der Waals surface area (Å²) in [4.78, 5) is 15.8. The van der Waals surface area contributed by atoms with Crippen LogP contribution in [0.5, 0.6) is 0 Å². The van der Waals surface area contributed by atoms with Gasteiger partial charge >= 0.3 is 0 Å². The van der Waals surface area contributed by atoms with Crippen LogP contribution < -0.4 is 0 Å². The van der Waals surface area contributed by atoms with Crippen LogP contribution in [0.3, 0.4) is 0 Å². The summed E-state index contributed by atoms with van der Waals surface area (Å²) in [6.45, 7) is 0. The molecule has 6 heteroatoms. The van der Waals surface area contributed by atoms with Crippen LogP contribution in [0, 0.1) is 0 Å². The molecule has 1 unspecified atom stereocenters. The summed E-state index contributed by atoms with van der Waals surface area (Å²) < 4.78 is 4.32. The Kier molecular flexibility index (Phi) is 1.33. The van der Waals surface area contributed by atoms with Gasteiger partial charge in [0.1, 0.15) is 5.91 Å². The molecule has 6 nitrogen and oxygen atoms in total. The second-order valence-corrected chi connectivity index (χ2v) is 1.22. The van der Waals surface area contributed by atoms with Crippen LogP contribution in [0.15, 0.2) is 10.1 Å². The molecule has 0 spiro atoms. The monoisotopic (exact) mass is 125 g/mol. The molecule has 1 rings (SSSR count). The Balaban J connectivity index is 2.66. The highest BCUT2D eigenvalue weighted by molar-refractivity contribution is 5.91. The van der Waals surface area contributed by atoms with Crippen molar-refractivity contribution < 1.29 is 9.53 Å². The molecule has 0 fully saturated rings. The van der Waals surface area contributed by atoms with Crippen LogP contribution in [-0.2, 0) is 9.53 Å². The molecule has 1 amide bonds. The average molecular weight is 125 g/mol. The van der Waals surface area contributed by atoms with Crippen LogP contribution in [0.25, 0.3) is 10.4 Å². The average Bonchev–Trinajstić information content (AvgIpc) is 2.18. The quantitative estimate of drug-likeness (QED) is 0.215. The lowest BCUT2D eigenvalue weighted by Crippen LogP contribution is -2.11. The van der Waals surface area contributed by atoms with Crippen LogP contribution in [-0.4, -0.2) is 18.5 Å². The third-order valence-corrected chi connectivity index (χ3v) is 0.688. The van der Waals surface area contributed by atoms with Crippen LogP contribution >= 0.6 is 0 Å². The molecule has 9 heavy (non-hydrogen) atoms. The minimum atomic E-state index is -1.13. The molecule has 0 bridgehead atoms. The number of hydrogen-bond donors (Lipinski definition) is 0. The van der Waals surface area contributed by atoms with E-state index in [0.29, 0.717) is 0 Å². The van der Waals surface area contributed by atoms with Gasteiger partial charge in [-0.05, 0) is 5.53 Å². The molecule has 0 aliphatic carbocycles. The fourth-order valence-corrected chi connectivity index (χ4v) is 0.347. The van der Waals surface area contributed by atoms with E-state index in [1.807, 2.05) is 6.40 Å². The molecule has 1 heterocycles. The van der Waals surface area contributed by atoms with Crippen molar-refractivity contribution in [3.05, 3.63) is 10.4 Å². The summed E-state index contributed by atoms with van der Waals surface area (Å²) in [6, 6.07) is 0. The molecule has 1 atom stereocenters. The van der Waals surface area contributed by atoms with E-state index in [9.17, 15) is 4.79 Å². The third-order valence-electron chi connectivity index (χ3n) is 0.688. The topological polar surface area (TPSA) is 87.4 Å². The van der Waals surface area contributed by atoms with E-state index in [-0.39, 0.29) is 0 Å². The summed E-state index contributed by atoms with van der Waals surface area (Å²) in [6.07, 6.45) is 0.788. The van der Waals surface area contributed by atoms with E-state index < -0.39 is 12.1 Å². The van der Waals surface area contributed by atoms with Crippen molar-refractivity contribution in [2.24, 2.45) is 10.1 Å². The van der Waals surface area contributed by atoms with E-state index in [0.717, 1.165) is 0 Å². The maximum absolute atomic E-state index is 10.3. The zero-order valence-electron chi connectivity index (χ0n) is 4.18. The number of rotatable bonds is 1. The summed E-state index contributed by atoms with van der Waals surface area (Å²) in [5, 5.41) is 2.96. The Bertz CT molecular complexity index is 204. The van der Waals surface area contributed by atoms with E-state index in [1.54, 1.807) is 0 Å². The van der Waals surface area contributed by atoms with Crippen LogP contribution in [0.1, 0.15) is 0 Å². The number of carbonyl (C=O) groups excluding carboxylic acids is 1. The number of nitrogens with zero attached hydrogens (tertiary/aromatic N) is 4. The fourth-order valence-electron chi connectivity index (χ4n) is 0.347. The molecule has 0 aromatic heterocycles. The Morgan fingerprint density at radius 1 is 2.00 bits per heavy atom. The van der Waals surface area contributed by atoms with Gasteiger partial charge < -0.3 is 14.5 Å². The predicted molar refractivity (Wildman–Crippen MR) is 26.5 cm³/mol. The summed E-state index contributed by atoms with van der Waals surface area (Å²) >= 11 is 0. The van der Waals surface area contributed by atoms with E-state index in [4.69, 9.17) is 5.53 Å². The van der Waals surface area contributed by atoms with Gasteiger partial charge in [0.05, 0.1) is 0 Å². The van der Waals surface area contributed by atoms with Crippen molar-refractivity contribution in [2.75, 3.05) is 0 Å². The van der Waals surface area contributed by atoms with Gasteiger partial charge in [0.25, 0.3) is 0 Å². The summed E-state index contributed by atoms with van der Waals surface area (Å²) in [5.41, 5.74) is 7.80. The molecular formula is C3HN4O2-. The van der Waals surface area contributed by atoms with E-state index >= 15 is 0 Å². The van der Waals surface area contributed by atoms with Gasteiger partial charge in [-0.1, -0.05) is 5.11 Å². The Morgan fingerprint density at radius 2 is 2.78 bits per heavy atom. The van der Waals surface area contributed by atoms with Gasteiger partial charge in [-0.2, -0.15) is 0 Å². The van der Waals surface area contributed by atoms with Gasteiger partial charge in [-0.25, -0.2) is 0 Å². The highest BCUT2D eigenvalue weighted by Gasteiger charge is 2.08. The molecule has 1 aliphatic heterocycles. The van der Waals surface area contributed by atoms with Gasteiger partial charge in [-0.15, -0.1) is 0 Å². The molecule has 0 aromatic carbocycles. The molecule has 0 radical (unpaired) electrons. The first kappa shape index (κ1) is 5.58. The molecule has 1 aliphatic rings. The van der Waals surface area contributed by atoms with Crippen LogP contribution in [0.2, 0.25) is 0 Å². The minimum absolute atomic E-state index is 0.618. The number of amides is 1. The molecule has 0 aromatic rings. The van der Waals surface area contributed by atoms with Crippen molar-refractivity contribution in [3.63, 3.8) is 0 Å². The molecule has 0 N–H and O–H groups in total. The summed E-state index contributed by atoms with van der Waals surface area (Å²) in [5.74, 6) is -0.618. The third kappa shape index (κ3) is 0.974. The number of ether oxygens (including phenoxy) is 1. The lowest BCUT2D eigenvalue weighted by molar-refractivity contribution is -0.122. The van der Waals surface area contributed by atoms with Gasteiger partial charge in [-0.3, -0.25) is 0 Å². The zero-order valence-corrected chi connectivity index (χ0v) is 4.18. The fraction of sp³-hybridized carbons (Fsp3) is 0.333. The lowest BCUT2D eigenvalue weighted by atomic mass is 10.6. The van der Waals surface area contributed by atoms with Crippen molar-refractivity contribution in [3.8, 4) is 0 Å². The van der Waals surface area contributed by atoms with E-state index in [1.165, 1.54) is 0 Å². The molecule has 0 saturated carbocycles. The van der Waals surface area contributed by atoms with Crippen molar-refractivity contribution in [1.82, 2.24) is 0 Å². The zero-order chi connectivity index (χ0) is 6.69. The van der Waals surface area contributed by atoms with Gasteiger partial charge in [0.15, 0.2) is 6.23 Å². The minimum Gasteiger partial charge on any atom is -0.572 e. The van der Waals surface area contributed by atoms with Gasteiger partial charge in [0, 0.05) is 11.3 Å². The Morgan fingerprint density at radius 3 is 3.22 bits per heavy atom. The standard InChI is InChI=1S/C3HN4O2/c4-7-6-3-2(8)5-1-9-3/h3H/q-1. The Labute approximate surface area is 49.8 Å². The normalized spacial score (nSPS) is 23.1. The molecular weight excluding hydrogens is 124 g/mol. The van der Waals surface area contributed by atoms with Crippen molar-refractivity contribution in [1.29, 1.82) is 0 Å². The van der Waals surface area contributed by atoms with Crippen molar-refractivity contribution in [2.45, 2.75) is 6.23 Å². The first-order valence-electron chi connectivity index (χ1n) is 2.04. The van der Waals surface area contributed by atoms with Gasteiger partial charge in [0.2, 0.25) is 0 Å². The first-order chi connectivity index (χ1) is 4.34. The highest BCUT2D eigenvalue weighted by atomic mass is 16.5. The maximum Gasteiger partial charge on any atom is 0.167 e. The second-order valence-electron chi connectivity index (χ2n) is 1.22. The number of aliphatic imine (C=N–C) groups is 1. The number of azide groups is 1. The number of hydrogen-bond acceptors (Lipinski definition) is 3. The smallest absolute Gasteiger partial charge is 0.167 e. The largest absolute Gasteiger partial charge is 0.572 e. The van der Waals surface area contributed by atoms with Crippen LogP contribution in [0.4, 0.5) is 0 Å². The molecule has 46 valence electrons. The Hall–Kier alpha value is -1.55. The summed E-state index contributed by atoms with van der Waals surface area (Å²) in [7, 11) is 0. The first-order valence-corrected chi connectivity index (χ1v) is 2.04. The van der Waals surface area contributed by atoms with Crippen molar-refractivity contribution >= 4 is 12.3 Å². The lowest BCUT2D eigenvalue weighted by Gasteiger charge is -2.03. The number of carbonyl (C=O) groups is 1. The second kappa shape index (κ2) is 2.15. The predicted octanol–water partition coefficient (Wildman–Crippen LogP) is 0.0849. The maximum atomic E-state index is 10.3. The molecule has 0 saturated heterocycles. The van der Waals surface area contributed by atoms with E-state index in [2.05, 4.69) is 19.8 Å².